The van der Waals surface area contributed by atoms with E-state index >= 15 is 0 Å². The van der Waals surface area contributed by atoms with Crippen molar-refractivity contribution in [3.8, 4) is 0 Å². The largest absolute Gasteiger partial charge is 0.399 e. The maximum absolute atomic E-state index is 12.4. The van der Waals surface area contributed by atoms with Gasteiger partial charge in [0.15, 0.2) is 0 Å². The van der Waals surface area contributed by atoms with Crippen molar-refractivity contribution in [2.24, 2.45) is 0 Å². The molecule has 6 heteroatoms. The standard InChI is InChI=1S/C14H15ClN2O2S/c1-9-4-6-12(8-13(9)15)17-20(18,19)14-7-11(16)5-3-10(14)2/h3-8,17H,16H2,1-2H3. The molecule has 2 rings (SSSR count). The molecule has 0 amide bonds. The van der Waals surface area contributed by atoms with Crippen LogP contribution in [0.25, 0.3) is 0 Å². The van der Waals surface area contributed by atoms with Gasteiger partial charge in [-0.05, 0) is 49.2 Å². The Morgan fingerprint density at radius 3 is 2.35 bits per heavy atom. The third-order valence-corrected chi connectivity index (χ3v) is 4.86. The zero-order valence-corrected chi connectivity index (χ0v) is 12.7. The predicted molar refractivity (Wildman–Crippen MR) is 82.6 cm³/mol. The van der Waals surface area contributed by atoms with Crippen molar-refractivity contribution in [2.45, 2.75) is 18.7 Å². The molecular weight excluding hydrogens is 296 g/mol. The van der Waals surface area contributed by atoms with Gasteiger partial charge in [-0.25, -0.2) is 8.42 Å². The fourth-order valence-corrected chi connectivity index (χ4v) is 3.28. The Morgan fingerprint density at radius 2 is 1.70 bits per heavy atom. The maximum atomic E-state index is 12.4. The molecule has 2 aromatic carbocycles. The Bertz CT molecular complexity index is 758. The van der Waals surface area contributed by atoms with E-state index in [9.17, 15) is 8.42 Å². The summed E-state index contributed by atoms with van der Waals surface area (Å²) in [6, 6.07) is 9.78. The van der Waals surface area contributed by atoms with Crippen LogP contribution >= 0.6 is 11.6 Å². The number of nitrogens with two attached hydrogens (primary N) is 1. The molecule has 0 saturated carbocycles. The molecule has 0 aliphatic heterocycles. The summed E-state index contributed by atoms with van der Waals surface area (Å²) in [6.45, 7) is 3.57. The van der Waals surface area contributed by atoms with Crippen LogP contribution in [0, 0.1) is 13.8 Å². The van der Waals surface area contributed by atoms with Crippen molar-refractivity contribution < 1.29 is 8.42 Å². The van der Waals surface area contributed by atoms with E-state index in [1.54, 1.807) is 37.3 Å². The van der Waals surface area contributed by atoms with Gasteiger partial charge in [-0.2, -0.15) is 0 Å². The van der Waals surface area contributed by atoms with Crippen molar-refractivity contribution in [3.05, 3.63) is 52.5 Å². The van der Waals surface area contributed by atoms with Crippen molar-refractivity contribution >= 4 is 33.0 Å². The first-order valence-electron chi connectivity index (χ1n) is 5.95. The Balaban J connectivity index is 2.40. The second-order valence-electron chi connectivity index (χ2n) is 4.59. The molecule has 0 aliphatic rings. The van der Waals surface area contributed by atoms with Crippen molar-refractivity contribution in [3.63, 3.8) is 0 Å². The van der Waals surface area contributed by atoms with E-state index in [2.05, 4.69) is 4.72 Å². The summed E-state index contributed by atoms with van der Waals surface area (Å²) in [5, 5.41) is 0.509. The third-order valence-electron chi connectivity index (χ3n) is 2.93. The lowest BCUT2D eigenvalue weighted by Crippen LogP contribution is -2.14. The average molecular weight is 311 g/mol. The van der Waals surface area contributed by atoms with Crippen LogP contribution in [0.2, 0.25) is 5.02 Å². The molecule has 0 aliphatic carbocycles. The Kier molecular flexibility index (Phi) is 3.92. The van der Waals surface area contributed by atoms with Crippen molar-refractivity contribution in [1.82, 2.24) is 0 Å². The van der Waals surface area contributed by atoms with Crippen LogP contribution in [0.3, 0.4) is 0 Å². The van der Waals surface area contributed by atoms with Crippen LogP contribution in [0.1, 0.15) is 11.1 Å². The molecule has 3 N–H and O–H groups in total. The molecule has 0 aromatic heterocycles. The molecule has 0 fully saturated rings. The minimum absolute atomic E-state index is 0.161. The lowest BCUT2D eigenvalue weighted by atomic mass is 10.2. The third kappa shape index (κ3) is 3.05. The quantitative estimate of drug-likeness (QED) is 0.854. The molecule has 0 saturated heterocycles. The SMILES string of the molecule is Cc1ccc(NS(=O)(=O)c2cc(N)ccc2C)cc1Cl. The Labute approximate surface area is 123 Å². The van der Waals surface area contributed by atoms with E-state index in [1.807, 2.05) is 6.92 Å². The number of benzene rings is 2. The molecule has 0 spiro atoms. The number of hydrogen-bond donors (Lipinski definition) is 2. The molecule has 0 bridgehead atoms. The van der Waals surface area contributed by atoms with Crippen LogP contribution in [-0.2, 0) is 10.0 Å². The lowest BCUT2D eigenvalue weighted by molar-refractivity contribution is 0.600. The topological polar surface area (TPSA) is 72.2 Å². The molecule has 106 valence electrons. The highest BCUT2D eigenvalue weighted by Gasteiger charge is 2.17. The molecule has 0 heterocycles. The summed E-state index contributed by atoms with van der Waals surface area (Å²) in [7, 11) is -3.68. The van der Waals surface area contributed by atoms with E-state index in [-0.39, 0.29) is 4.90 Å². The number of rotatable bonds is 3. The van der Waals surface area contributed by atoms with Gasteiger partial charge in [0.05, 0.1) is 10.6 Å². The van der Waals surface area contributed by atoms with Gasteiger partial charge >= 0.3 is 0 Å². The number of halogens is 1. The molecule has 0 atom stereocenters. The minimum atomic E-state index is -3.68. The normalized spacial score (nSPS) is 11.3. The first-order valence-corrected chi connectivity index (χ1v) is 7.81. The summed E-state index contributed by atoms with van der Waals surface area (Å²) in [5.41, 5.74) is 7.98. The number of nitrogens with one attached hydrogen (secondary N) is 1. The summed E-state index contributed by atoms with van der Waals surface area (Å²) < 4.78 is 27.2. The monoisotopic (exact) mass is 310 g/mol. The molecule has 4 nitrogen and oxygen atoms in total. The van der Waals surface area contributed by atoms with Gasteiger partial charge in [0.25, 0.3) is 10.0 Å². The van der Waals surface area contributed by atoms with E-state index < -0.39 is 10.0 Å². The van der Waals surface area contributed by atoms with E-state index in [0.29, 0.717) is 22.0 Å². The number of hydrogen-bond acceptors (Lipinski definition) is 3. The van der Waals surface area contributed by atoms with Crippen molar-refractivity contribution in [1.29, 1.82) is 0 Å². The van der Waals surface area contributed by atoms with Crippen LogP contribution in [0.15, 0.2) is 41.3 Å². The number of anilines is 2. The van der Waals surface area contributed by atoms with Crippen molar-refractivity contribution in [2.75, 3.05) is 10.5 Å². The minimum Gasteiger partial charge on any atom is -0.399 e. The number of nitrogen functional groups attached to an aromatic ring is 1. The van der Waals surface area contributed by atoms with Crippen LogP contribution < -0.4 is 10.5 Å². The summed E-state index contributed by atoms with van der Waals surface area (Å²) in [5.74, 6) is 0. The smallest absolute Gasteiger partial charge is 0.262 e. The van der Waals surface area contributed by atoms with Gasteiger partial charge in [-0.15, -0.1) is 0 Å². The fraction of sp³-hybridized carbons (Fsp3) is 0.143. The second kappa shape index (κ2) is 5.34. The van der Waals surface area contributed by atoms with Gasteiger partial charge in [0, 0.05) is 10.7 Å². The zero-order chi connectivity index (χ0) is 14.9. The average Bonchev–Trinajstić information content (AvgIpc) is 2.36. The summed E-state index contributed by atoms with van der Waals surface area (Å²) >= 11 is 5.99. The highest BCUT2D eigenvalue weighted by atomic mass is 35.5. The highest BCUT2D eigenvalue weighted by Crippen LogP contribution is 2.24. The molecular formula is C14H15ClN2O2S. The fourth-order valence-electron chi connectivity index (χ4n) is 1.77. The van der Waals surface area contributed by atoms with E-state index in [4.69, 9.17) is 17.3 Å². The Hall–Kier alpha value is -1.72. The van der Waals surface area contributed by atoms with Gasteiger partial charge < -0.3 is 5.73 Å². The van der Waals surface area contributed by atoms with Crippen LogP contribution in [0.4, 0.5) is 11.4 Å². The predicted octanol–water partition coefficient (Wildman–Crippen LogP) is 3.34. The molecule has 2 aromatic rings. The summed E-state index contributed by atoms with van der Waals surface area (Å²) in [6.07, 6.45) is 0. The second-order valence-corrected chi connectivity index (χ2v) is 6.65. The first-order chi connectivity index (χ1) is 9.29. The molecule has 0 unspecified atom stereocenters. The van der Waals surface area contributed by atoms with Gasteiger partial charge in [-0.1, -0.05) is 23.7 Å². The van der Waals surface area contributed by atoms with E-state index in [1.165, 1.54) is 6.07 Å². The number of sulfonamides is 1. The Morgan fingerprint density at radius 1 is 1.05 bits per heavy atom. The molecule has 0 radical (unpaired) electrons. The van der Waals surface area contributed by atoms with Gasteiger partial charge in [0.2, 0.25) is 0 Å². The molecule has 20 heavy (non-hydrogen) atoms. The lowest BCUT2D eigenvalue weighted by Gasteiger charge is -2.11. The van der Waals surface area contributed by atoms with Crippen LogP contribution in [0.5, 0.6) is 0 Å². The van der Waals surface area contributed by atoms with Gasteiger partial charge in [-0.3, -0.25) is 4.72 Å². The van der Waals surface area contributed by atoms with Crippen LogP contribution in [-0.4, -0.2) is 8.42 Å². The number of aryl methyl sites for hydroxylation is 2. The van der Waals surface area contributed by atoms with Gasteiger partial charge in [0.1, 0.15) is 0 Å². The highest BCUT2D eigenvalue weighted by molar-refractivity contribution is 7.92. The first kappa shape index (κ1) is 14.7. The maximum Gasteiger partial charge on any atom is 0.262 e. The summed E-state index contributed by atoms with van der Waals surface area (Å²) in [4.78, 5) is 0.161. The van der Waals surface area contributed by atoms with E-state index in [0.717, 1.165) is 5.56 Å². The zero-order valence-electron chi connectivity index (χ0n) is 11.1.